The quantitative estimate of drug-likeness (QED) is 0.658. The molecule has 1 nitrogen and oxygen atoms in total. The van der Waals surface area contributed by atoms with E-state index in [1.165, 1.54) is 7.11 Å². The fourth-order valence-corrected chi connectivity index (χ4v) is 49.3. The zero-order valence-corrected chi connectivity index (χ0v) is 14.0. The number of hydrogen-bond donors (Lipinski definition) is 0. The Labute approximate surface area is 95.4 Å². The summed E-state index contributed by atoms with van der Waals surface area (Å²) in [6.45, 7) is 0. The average Bonchev–Trinajstić information content (AvgIpc) is 1.56. The van der Waals surface area contributed by atoms with Crippen LogP contribution < -0.4 is 0 Å². The van der Waals surface area contributed by atoms with Crippen molar-refractivity contribution in [3.8, 4) is 0 Å². The Morgan fingerprint density at radius 3 is 1.18 bits per heavy atom. The number of methoxy groups -OCH3 is 1. The first-order chi connectivity index (χ1) is 4.69. The predicted octanol–water partition coefficient (Wildman–Crippen LogP) is 3.39. The molecule has 9 heteroatoms. The molecular weight excluding hydrogens is 398 g/mol. The zero-order valence-electron chi connectivity index (χ0n) is 5.25. The van der Waals surface area contributed by atoms with Crippen molar-refractivity contribution in [3.63, 3.8) is 0 Å². The zero-order chi connectivity index (χ0) is 9.28. The van der Waals surface area contributed by atoms with Gasteiger partial charge in [0.05, 0.1) is 0 Å². The number of hydrogen-bond acceptors (Lipinski definition) is 1. The summed E-state index contributed by atoms with van der Waals surface area (Å²) in [5.41, 5.74) is 0. The molecule has 0 amide bonds. The van der Waals surface area contributed by atoms with E-state index in [-0.39, 0.29) is 0 Å². The summed E-state index contributed by atoms with van der Waals surface area (Å²) in [6, 6.07) is 0. The monoisotopic (exact) mass is 402 g/mol. The summed E-state index contributed by atoms with van der Waals surface area (Å²) < 4.78 is 4.14. The third kappa shape index (κ3) is 5.28. The molecule has 0 aromatic rings. The van der Waals surface area contributed by atoms with Crippen molar-refractivity contribution in [3.05, 3.63) is 0 Å². The molecule has 0 saturated heterocycles. The maximum atomic E-state index is 5.67. The normalized spacial score (nSPS) is 14.2. The molecule has 11 heavy (non-hydrogen) atoms. The van der Waals surface area contributed by atoms with Crippen LogP contribution in [0.5, 0.6) is 0 Å². The van der Waals surface area contributed by atoms with Crippen molar-refractivity contribution in [2.75, 3.05) is 7.11 Å². The molecule has 0 aromatic heterocycles. The van der Waals surface area contributed by atoms with E-state index in [1.54, 1.807) is 0 Å². The molecule has 0 saturated carbocycles. The summed E-state index contributed by atoms with van der Waals surface area (Å²) in [5.74, 6) is 0. The van der Waals surface area contributed by atoms with Gasteiger partial charge in [0.15, 0.2) is 0 Å². The van der Waals surface area contributed by atoms with Crippen LogP contribution >= 0.6 is 60.1 Å². The van der Waals surface area contributed by atoms with Gasteiger partial charge in [-0.2, -0.15) is 0 Å². The van der Waals surface area contributed by atoms with Gasteiger partial charge in [-0.3, -0.25) is 0 Å². The van der Waals surface area contributed by atoms with E-state index in [9.17, 15) is 0 Å². The third-order valence-corrected chi connectivity index (χ3v) is 31.9. The van der Waals surface area contributed by atoms with Crippen LogP contribution in [0.3, 0.4) is 0 Å². The maximum absolute atomic E-state index is 5.67. The van der Waals surface area contributed by atoms with Gasteiger partial charge in [0.1, 0.15) is 0 Å². The van der Waals surface area contributed by atoms with Crippen LogP contribution in [0.4, 0.5) is 0 Å². The van der Waals surface area contributed by atoms with Gasteiger partial charge in [-0.25, -0.2) is 0 Å². The number of rotatable bonds is 3. The van der Waals surface area contributed by atoms with E-state index in [1.807, 2.05) is 0 Å². The van der Waals surface area contributed by atoms with Gasteiger partial charge in [-0.05, 0) is 0 Å². The standard InChI is InChI=1S/C2H4Cl6Ge2O/c1-11-2(9(3,4)5)10(6,7)8/h2H,1H3. The van der Waals surface area contributed by atoms with Crippen LogP contribution in [0.1, 0.15) is 0 Å². The Kier molecular flexibility index (Phi) is 6.31. The topological polar surface area (TPSA) is 9.23 Å². The SMILES string of the molecule is CO[CH]([Ge]([Cl])([Cl])[Cl])[Ge]([Cl])([Cl])[Cl]. The Balaban J connectivity index is 4.43. The van der Waals surface area contributed by atoms with Crippen LogP contribution in [-0.4, -0.2) is 31.8 Å². The van der Waals surface area contributed by atoms with Gasteiger partial charge >= 0.3 is 96.6 Å². The molecule has 0 rings (SSSR count). The van der Waals surface area contributed by atoms with Gasteiger partial charge in [-0.1, -0.05) is 0 Å². The van der Waals surface area contributed by atoms with Gasteiger partial charge < -0.3 is 0 Å². The van der Waals surface area contributed by atoms with Crippen molar-refractivity contribution >= 4 is 81.0 Å². The minimum atomic E-state index is -3.52. The molecule has 0 heterocycles. The number of halogens is 6. The minimum absolute atomic E-state index is 0.718. The van der Waals surface area contributed by atoms with Crippen molar-refractivity contribution in [2.45, 2.75) is 3.77 Å². The summed E-state index contributed by atoms with van der Waals surface area (Å²) in [7, 11) is 28.4. The second kappa shape index (κ2) is 5.03. The second-order valence-corrected chi connectivity index (χ2v) is 35.6. The van der Waals surface area contributed by atoms with Gasteiger partial charge in [0.2, 0.25) is 0 Å². The summed E-state index contributed by atoms with van der Waals surface area (Å²) in [5, 5.41) is 0. The van der Waals surface area contributed by atoms with E-state index in [2.05, 4.69) is 0 Å². The second-order valence-electron chi connectivity index (χ2n) is 1.70. The fraction of sp³-hybridized carbons (Fsp3) is 1.00. The van der Waals surface area contributed by atoms with Crippen molar-refractivity contribution < 1.29 is 4.74 Å². The predicted molar refractivity (Wildman–Crippen MR) is 57.4 cm³/mol. The van der Waals surface area contributed by atoms with Crippen molar-refractivity contribution in [2.24, 2.45) is 0 Å². The van der Waals surface area contributed by atoms with E-state index in [0.29, 0.717) is 0 Å². The molecule has 0 spiro atoms. The van der Waals surface area contributed by atoms with Crippen LogP contribution in [0.25, 0.3) is 0 Å². The van der Waals surface area contributed by atoms with Crippen LogP contribution in [0.15, 0.2) is 0 Å². The Bertz CT molecular complexity index is 114. The Morgan fingerprint density at radius 2 is 1.18 bits per heavy atom. The Morgan fingerprint density at radius 1 is 0.909 bits per heavy atom. The molecule has 0 aliphatic rings. The molecule has 0 aliphatic carbocycles. The molecule has 68 valence electrons. The van der Waals surface area contributed by atoms with E-state index in [4.69, 9.17) is 64.8 Å². The first kappa shape index (κ1) is 13.8. The van der Waals surface area contributed by atoms with Crippen LogP contribution in [-0.2, 0) is 4.74 Å². The molecular formula is C2H4Cl6Ge2O. The summed E-state index contributed by atoms with van der Waals surface area (Å²) >= 11 is 0. The molecule has 0 unspecified atom stereocenters. The first-order valence-electron chi connectivity index (χ1n) is 2.36. The number of ether oxygens (including phenoxy) is 1. The van der Waals surface area contributed by atoms with E-state index < -0.39 is 24.7 Å². The summed E-state index contributed by atoms with van der Waals surface area (Å²) in [6.07, 6.45) is 0. The van der Waals surface area contributed by atoms with Crippen LogP contribution in [0.2, 0.25) is 0 Å². The molecule has 0 N–H and O–H groups in total. The fourth-order valence-electron chi connectivity index (χ4n) is 0.453. The van der Waals surface area contributed by atoms with E-state index in [0.717, 1.165) is 0 Å². The average molecular weight is 402 g/mol. The molecule has 0 radical (unpaired) electrons. The van der Waals surface area contributed by atoms with Gasteiger partial charge in [0, 0.05) is 0 Å². The molecule has 0 aromatic carbocycles. The van der Waals surface area contributed by atoms with Crippen molar-refractivity contribution in [1.29, 1.82) is 0 Å². The first-order valence-corrected chi connectivity index (χ1v) is 21.3. The molecule has 0 atom stereocenters. The molecule has 0 fully saturated rings. The molecule has 0 aliphatic heterocycles. The molecule has 0 bridgehead atoms. The van der Waals surface area contributed by atoms with Gasteiger partial charge in [0.25, 0.3) is 0 Å². The Hall–Kier alpha value is 2.79. The van der Waals surface area contributed by atoms with Crippen LogP contribution in [0, 0.1) is 0 Å². The van der Waals surface area contributed by atoms with Gasteiger partial charge in [-0.15, -0.1) is 0 Å². The third-order valence-electron chi connectivity index (χ3n) is 0.830. The van der Waals surface area contributed by atoms with E-state index >= 15 is 0 Å². The summed E-state index contributed by atoms with van der Waals surface area (Å²) in [4.78, 5) is 0. The van der Waals surface area contributed by atoms with Crippen molar-refractivity contribution in [1.82, 2.24) is 0 Å².